The fourth-order valence-electron chi connectivity index (χ4n) is 2.86. The van der Waals surface area contributed by atoms with E-state index in [2.05, 4.69) is 32.4 Å². The maximum atomic E-state index is 6.35. The van der Waals surface area contributed by atoms with E-state index >= 15 is 0 Å². The molecule has 1 aliphatic carbocycles. The Hall–Kier alpha value is -1.82. The molecular weight excluding hydrogens is 375 g/mol. The van der Waals surface area contributed by atoms with E-state index in [0.29, 0.717) is 11.1 Å². The monoisotopic (exact) mass is 390 g/mol. The van der Waals surface area contributed by atoms with Gasteiger partial charge in [0.2, 0.25) is 0 Å². The number of H-pyrrole nitrogens is 1. The summed E-state index contributed by atoms with van der Waals surface area (Å²) < 4.78 is 0. The average molecular weight is 391 g/mol. The van der Waals surface area contributed by atoms with Crippen LogP contribution in [0.1, 0.15) is 16.9 Å². The smallest absolute Gasteiger partial charge is 0.184 e. The summed E-state index contributed by atoms with van der Waals surface area (Å²) in [5.41, 5.74) is 2.07. The van der Waals surface area contributed by atoms with Crippen molar-refractivity contribution in [3.05, 3.63) is 63.4 Å². The van der Waals surface area contributed by atoms with Gasteiger partial charge in [-0.1, -0.05) is 35.4 Å². The number of fused-ring (bicyclic) bond motifs is 1. The molecule has 25 heavy (non-hydrogen) atoms. The summed E-state index contributed by atoms with van der Waals surface area (Å²) in [5.74, 6) is 0.424. The van der Waals surface area contributed by atoms with Crippen LogP contribution in [0.2, 0.25) is 5.15 Å². The molecule has 3 heterocycles. The number of rotatable bonds is 5. The zero-order valence-electron chi connectivity index (χ0n) is 13.3. The van der Waals surface area contributed by atoms with Crippen molar-refractivity contribution in [2.24, 2.45) is 5.92 Å². The summed E-state index contributed by atoms with van der Waals surface area (Å²) in [6.45, 7) is 0.817. The predicted octanol–water partition coefficient (Wildman–Crippen LogP) is 5.37. The highest BCUT2D eigenvalue weighted by Crippen LogP contribution is 2.31. The second-order valence-corrected chi connectivity index (χ2v) is 7.83. The van der Waals surface area contributed by atoms with Crippen LogP contribution >= 0.6 is 34.5 Å². The van der Waals surface area contributed by atoms with Crippen molar-refractivity contribution in [1.29, 1.82) is 0 Å². The van der Waals surface area contributed by atoms with Crippen LogP contribution in [0.3, 0.4) is 0 Å². The van der Waals surface area contributed by atoms with Gasteiger partial charge in [0.15, 0.2) is 5.13 Å². The largest absolute Gasteiger partial charge is 0.361 e. The van der Waals surface area contributed by atoms with Crippen LogP contribution < -0.4 is 5.32 Å². The minimum absolute atomic E-state index is 0.424. The molecular formula is C18H16Cl2N4S. The Morgan fingerprint density at radius 1 is 1.36 bits per heavy atom. The first-order valence-corrected chi connectivity index (χ1v) is 9.60. The first-order chi connectivity index (χ1) is 12.2. The number of nitrogens with zero attached hydrogens (tertiary/aromatic N) is 2. The van der Waals surface area contributed by atoms with Crippen LogP contribution in [0.25, 0.3) is 11.0 Å². The van der Waals surface area contributed by atoms with Gasteiger partial charge in [0, 0.05) is 35.8 Å². The Bertz CT molecular complexity index is 957. The van der Waals surface area contributed by atoms with Gasteiger partial charge in [-0.25, -0.2) is 9.97 Å². The normalized spacial score (nSPS) is 17.0. The second-order valence-electron chi connectivity index (χ2n) is 5.95. The molecule has 0 fully saturated rings. The lowest BCUT2D eigenvalue weighted by Crippen LogP contribution is -2.12. The summed E-state index contributed by atoms with van der Waals surface area (Å²) in [6.07, 6.45) is 11.6. The molecule has 0 aromatic carbocycles. The Balaban J connectivity index is 1.44. The highest BCUT2D eigenvalue weighted by atomic mass is 35.5. The van der Waals surface area contributed by atoms with Crippen molar-refractivity contribution in [3.8, 4) is 0 Å². The van der Waals surface area contributed by atoms with E-state index < -0.39 is 0 Å². The van der Waals surface area contributed by atoms with Crippen LogP contribution in [-0.4, -0.2) is 21.5 Å². The third-order valence-electron chi connectivity index (χ3n) is 4.20. The minimum atomic E-state index is 0.424. The summed E-state index contributed by atoms with van der Waals surface area (Å²) >= 11 is 13.9. The minimum Gasteiger partial charge on any atom is -0.361 e. The summed E-state index contributed by atoms with van der Waals surface area (Å²) in [6, 6.07) is 4.01. The van der Waals surface area contributed by atoms with E-state index in [1.165, 1.54) is 5.56 Å². The molecule has 0 aliphatic heterocycles. The number of aromatic nitrogens is 3. The first kappa shape index (κ1) is 16.6. The standard InChI is InChI=1S/C18H16Cl2N4S/c19-13-5-3-11(4-6-13)9-23-18-24-16(20)15(25-18)8-12-10-22-17-14(12)2-1-7-21-17/h1-3,5-7,10-11H,4,8-9H2,(H,21,22)(H,23,24). The van der Waals surface area contributed by atoms with Crippen LogP contribution in [0.4, 0.5) is 5.13 Å². The molecule has 3 aromatic rings. The molecule has 1 unspecified atom stereocenters. The van der Waals surface area contributed by atoms with Gasteiger partial charge in [0.25, 0.3) is 0 Å². The van der Waals surface area contributed by atoms with Crippen molar-refractivity contribution in [2.75, 3.05) is 11.9 Å². The van der Waals surface area contributed by atoms with Gasteiger partial charge in [-0.2, -0.15) is 0 Å². The number of aromatic amines is 1. The highest BCUT2D eigenvalue weighted by Gasteiger charge is 2.14. The number of pyridine rings is 1. The molecule has 1 atom stereocenters. The van der Waals surface area contributed by atoms with E-state index in [4.69, 9.17) is 23.2 Å². The fraction of sp³-hybridized carbons (Fsp3) is 0.222. The molecule has 0 saturated heterocycles. The van der Waals surface area contributed by atoms with E-state index in [-0.39, 0.29) is 0 Å². The van der Waals surface area contributed by atoms with Gasteiger partial charge in [-0.3, -0.25) is 0 Å². The zero-order chi connectivity index (χ0) is 17.2. The lowest BCUT2D eigenvalue weighted by molar-refractivity contribution is 0.691. The van der Waals surface area contributed by atoms with Gasteiger partial charge in [0.1, 0.15) is 10.8 Å². The van der Waals surface area contributed by atoms with Crippen molar-refractivity contribution in [2.45, 2.75) is 12.8 Å². The topological polar surface area (TPSA) is 53.6 Å². The second kappa shape index (κ2) is 7.20. The molecule has 0 bridgehead atoms. The Labute approximate surface area is 159 Å². The quantitative estimate of drug-likeness (QED) is 0.615. The zero-order valence-corrected chi connectivity index (χ0v) is 15.6. The molecule has 0 amide bonds. The lowest BCUT2D eigenvalue weighted by atomic mass is 10.0. The molecule has 3 aromatic heterocycles. The van der Waals surface area contributed by atoms with Gasteiger partial charge in [-0.05, 0) is 36.1 Å². The van der Waals surface area contributed by atoms with Crippen molar-refractivity contribution >= 4 is 50.7 Å². The summed E-state index contributed by atoms with van der Waals surface area (Å²) in [4.78, 5) is 13.0. The Kier molecular flexibility index (Phi) is 4.79. The molecule has 2 N–H and O–H groups in total. The number of allylic oxidation sites excluding steroid dienone is 3. The number of hydrogen-bond donors (Lipinski definition) is 2. The number of thiazole rings is 1. The third kappa shape index (κ3) is 3.73. The predicted molar refractivity (Wildman–Crippen MR) is 106 cm³/mol. The lowest BCUT2D eigenvalue weighted by Gasteiger charge is -2.14. The number of hydrogen-bond acceptors (Lipinski definition) is 4. The highest BCUT2D eigenvalue weighted by molar-refractivity contribution is 7.16. The number of halogens is 2. The summed E-state index contributed by atoms with van der Waals surface area (Å²) in [5, 5.41) is 6.73. The van der Waals surface area contributed by atoms with Crippen LogP contribution in [0.5, 0.6) is 0 Å². The van der Waals surface area contributed by atoms with Crippen molar-refractivity contribution in [3.63, 3.8) is 0 Å². The van der Waals surface area contributed by atoms with Gasteiger partial charge >= 0.3 is 0 Å². The summed E-state index contributed by atoms with van der Waals surface area (Å²) in [7, 11) is 0. The van der Waals surface area contributed by atoms with Crippen molar-refractivity contribution in [1.82, 2.24) is 15.0 Å². The Morgan fingerprint density at radius 3 is 3.12 bits per heavy atom. The molecule has 4 nitrogen and oxygen atoms in total. The molecule has 0 radical (unpaired) electrons. The van der Waals surface area contributed by atoms with Crippen LogP contribution in [0.15, 0.2) is 47.8 Å². The van der Waals surface area contributed by atoms with E-state index in [1.54, 1.807) is 17.5 Å². The third-order valence-corrected chi connectivity index (χ3v) is 5.91. The van der Waals surface area contributed by atoms with E-state index in [9.17, 15) is 0 Å². The molecule has 0 saturated carbocycles. The van der Waals surface area contributed by atoms with E-state index in [0.717, 1.165) is 45.5 Å². The van der Waals surface area contributed by atoms with Crippen molar-refractivity contribution < 1.29 is 0 Å². The molecule has 4 rings (SSSR count). The molecule has 1 aliphatic rings. The van der Waals surface area contributed by atoms with Gasteiger partial charge in [-0.15, -0.1) is 11.3 Å². The Morgan fingerprint density at radius 2 is 2.28 bits per heavy atom. The molecule has 0 spiro atoms. The van der Waals surface area contributed by atoms with Crippen LogP contribution in [0, 0.1) is 5.92 Å². The number of nitrogens with one attached hydrogen (secondary N) is 2. The van der Waals surface area contributed by atoms with Gasteiger partial charge < -0.3 is 10.3 Å². The SMILES string of the molecule is ClC1=CCC(CNc2nc(Cl)c(Cc3c[nH]c4ncccc34)s2)C=C1. The first-order valence-electron chi connectivity index (χ1n) is 8.03. The van der Waals surface area contributed by atoms with Gasteiger partial charge in [0.05, 0.1) is 4.88 Å². The maximum absolute atomic E-state index is 6.35. The molecule has 7 heteroatoms. The number of anilines is 1. The van der Waals surface area contributed by atoms with E-state index in [1.807, 2.05) is 24.4 Å². The van der Waals surface area contributed by atoms with Crippen LogP contribution in [-0.2, 0) is 6.42 Å². The fourth-order valence-corrected chi connectivity index (χ4v) is 4.22. The maximum Gasteiger partial charge on any atom is 0.184 e. The molecule has 128 valence electrons. The average Bonchev–Trinajstić information content (AvgIpc) is 3.19.